The van der Waals surface area contributed by atoms with Crippen LogP contribution in [0, 0.1) is 11.3 Å². The Morgan fingerprint density at radius 1 is 1.29 bits per heavy atom. The van der Waals surface area contributed by atoms with Crippen molar-refractivity contribution in [3.05, 3.63) is 41.1 Å². The largest absolute Gasteiger partial charge is 0.416 e. The van der Waals surface area contributed by atoms with Gasteiger partial charge in [-0.3, -0.25) is 0 Å². The second-order valence-electron chi connectivity index (χ2n) is 4.53. The first-order valence-corrected chi connectivity index (χ1v) is 6.33. The van der Waals surface area contributed by atoms with E-state index in [1.54, 1.807) is 0 Å². The van der Waals surface area contributed by atoms with Crippen molar-refractivity contribution < 1.29 is 13.2 Å². The van der Waals surface area contributed by atoms with Crippen LogP contribution in [0.3, 0.4) is 0 Å². The molecule has 4 nitrogen and oxygen atoms in total. The molecule has 0 radical (unpaired) electrons. The Kier molecular flexibility index (Phi) is 3.89. The summed E-state index contributed by atoms with van der Waals surface area (Å²) in [6.07, 6.45) is -3.02. The molecule has 0 saturated heterocycles. The Labute approximate surface area is 119 Å². The van der Waals surface area contributed by atoms with E-state index in [0.717, 1.165) is 18.6 Å². The summed E-state index contributed by atoms with van der Waals surface area (Å²) in [7, 11) is 0. The molecule has 0 spiro atoms. The van der Waals surface area contributed by atoms with E-state index in [9.17, 15) is 13.2 Å². The van der Waals surface area contributed by atoms with Gasteiger partial charge in [0.2, 0.25) is 0 Å². The average molecular weight is 294 g/mol. The highest BCUT2D eigenvalue weighted by Gasteiger charge is 2.30. The number of aromatic nitrogens is 2. The van der Waals surface area contributed by atoms with Crippen molar-refractivity contribution in [3.63, 3.8) is 0 Å². The molecule has 0 fully saturated rings. The molecule has 0 atom stereocenters. The normalized spacial score (nSPS) is 11.4. The summed E-state index contributed by atoms with van der Waals surface area (Å²) >= 11 is 0. The van der Waals surface area contributed by atoms with Crippen molar-refractivity contribution in [2.45, 2.75) is 25.9 Å². The van der Waals surface area contributed by atoms with E-state index in [1.807, 2.05) is 13.0 Å². The van der Waals surface area contributed by atoms with Crippen LogP contribution >= 0.6 is 0 Å². The van der Waals surface area contributed by atoms with Gasteiger partial charge in [-0.15, -0.1) is 0 Å². The second kappa shape index (κ2) is 5.48. The lowest BCUT2D eigenvalue weighted by molar-refractivity contribution is -0.137. The zero-order valence-electron chi connectivity index (χ0n) is 11.3. The first kappa shape index (κ1) is 14.9. The number of halogens is 3. The molecule has 0 aliphatic carbocycles. The van der Waals surface area contributed by atoms with Gasteiger partial charge in [0.05, 0.1) is 16.9 Å². The number of nitriles is 1. The summed E-state index contributed by atoms with van der Waals surface area (Å²) in [5.41, 5.74) is 6.33. The predicted molar refractivity (Wildman–Crippen MR) is 71.7 cm³/mol. The molecule has 0 aliphatic heterocycles. The Hall–Kier alpha value is -2.49. The third-order valence-electron chi connectivity index (χ3n) is 3.03. The Bertz CT molecular complexity index is 678. The quantitative estimate of drug-likeness (QED) is 0.944. The second-order valence-corrected chi connectivity index (χ2v) is 4.53. The third-order valence-corrected chi connectivity index (χ3v) is 3.03. The van der Waals surface area contributed by atoms with Gasteiger partial charge < -0.3 is 5.73 Å². The molecule has 1 aromatic carbocycles. The third kappa shape index (κ3) is 2.84. The van der Waals surface area contributed by atoms with E-state index < -0.39 is 11.7 Å². The Morgan fingerprint density at radius 2 is 1.90 bits per heavy atom. The monoisotopic (exact) mass is 294 g/mol. The maximum atomic E-state index is 12.5. The number of hydrogen-bond donors (Lipinski definition) is 1. The summed E-state index contributed by atoms with van der Waals surface area (Å²) in [6, 6.07) is 6.47. The average Bonchev–Trinajstić information content (AvgIpc) is 2.74. The molecule has 0 saturated carbocycles. The van der Waals surface area contributed by atoms with Crippen LogP contribution in [0.2, 0.25) is 0 Å². The number of hydrogen-bond acceptors (Lipinski definition) is 3. The number of rotatable bonds is 3. The van der Waals surface area contributed by atoms with E-state index in [2.05, 4.69) is 5.10 Å². The predicted octanol–water partition coefficient (Wildman–Crippen LogP) is 3.30. The molecule has 2 N–H and O–H groups in total. The topological polar surface area (TPSA) is 67.6 Å². The van der Waals surface area contributed by atoms with Crippen LogP contribution in [0.15, 0.2) is 24.3 Å². The fourth-order valence-corrected chi connectivity index (χ4v) is 2.00. The van der Waals surface area contributed by atoms with Gasteiger partial charge in [-0.1, -0.05) is 13.3 Å². The summed E-state index contributed by atoms with van der Waals surface area (Å²) < 4.78 is 38.9. The number of anilines is 1. The first-order chi connectivity index (χ1) is 9.88. The lowest BCUT2D eigenvalue weighted by Gasteiger charge is -2.08. The molecular formula is C14H13F3N4. The maximum absolute atomic E-state index is 12.5. The van der Waals surface area contributed by atoms with Crippen molar-refractivity contribution in [3.8, 4) is 11.8 Å². The molecule has 0 unspecified atom stereocenters. The lowest BCUT2D eigenvalue weighted by Crippen LogP contribution is -2.06. The standard InChI is InChI=1S/C14H13F3N4/c1-2-3-12-11(8-18)13(19)21(20-12)10-6-4-9(5-7-10)14(15,16)17/h4-7H,2-3,19H2,1H3. The van der Waals surface area contributed by atoms with Gasteiger partial charge in [-0.05, 0) is 30.7 Å². The molecular weight excluding hydrogens is 281 g/mol. The van der Waals surface area contributed by atoms with Crippen molar-refractivity contribution in [2.24, 2.45) is 0 Å². The molecule has 7 heteroatoms. The number of nitrogens with two attached hydrogens (primary N) is 1. The van der Waals surface area contributed by atoms with E-state index in [-0.39, 0.29) is 11.4 Å². The van der Waals surface area contributed by atoms with Gasteiger partial charge in [-0.25, -0.2) is 4.68 Å². The van der Waals surface area contributed by atoms with Crippen molar-refractivity contribution in [1.29, 1.82) is 5.26 Å². The van der Waals surface area contributed by atoms with Crippen LogP contribution in [0.5, 0.6) is 0 Å². The Balaban J connectivity index is 2.45. The SMILES string of the molecule is CCCc1nn(-c2ccc(C(F)(F)F)cc2)c(N)c1C#N. The minimum atomic E-state index is -4.39. The van der Waals surface area contributed by atoms with E-state index in [4.69, 9.17) is 11.0 Å². The summed E-state index contributed by atoms with van der Waals surface area (Å²) in [5.74, 6) is 0.140. The Morgan fingerprint density at radius 3 is 2.38 bits per heavy atom. The number of alkyl halides is 3. The fraction of sp³-hybridized carbons (Fsp3) is 0.286. The van der Waals surface area contributed by atoms with Gasteiger partial charge in [0.15, 0.2) is 0 Å². The van der Waals surface area contributed by atoms with Crippen molar-refractivity contribution >= 4 is 5.82 Å². The van der Waals surface area contributed by atoms with Crippen LogP contribution in [-0.4, -0.2) is 9.78 Å². The molecule has 2 aromatic rings. The molecule has 0 aliphatic rings. The highest BCUT2D eigenvalue weighted by atomic mass is 19.4. The van der Waals surface area contributed by atoms with Crippen LogP contribution in [0.4, 0.5) is 19.0 Å². The van der Waals surface area contributed by atoms with Gasteiger partial charge in [0.1, 0.15) is 17.5 Å². The van der Waals surface area contributed by atoms with Gasteiger partial charge in [0, 0.05) is 0 Å². The minimum Gasteiger partial charge on any atom is -0.382 e. The first-order valence-electron chi connectivity index (χ1n) is 6.33. The van der Waals surface area contributed by atoms with Crippen molar-refractivity contribution in [1.82, 2.24) is 9.78 Å². The van der Waals surface area contributed by atoms with Gasteiger partial charge in [-0.2, -0.15) is 23.5 Å². The van der Waals surface area contributed by atoms with Gasteiger partial charge in [0.25, 0.3) is 0 Å². The van der Waals surface area contributed by atoms with Crippen LogP contribution in [0.25, 0.3) is 5.69 Å². The summed E-state index contributed by atoms with van der Waals surface area (Å²) in [6.45, 7) is 1.94. The molecule has 0 amide bonds. The highest BCUT2D eigenvalue weighted by molar-refractivity contribution is 5.56. The maximum Gasteiger partial charge on any atom is 0.416 e. The van der Waals surface area contributed by atoms with Crippen LogP contribution in [-0.2, 0) is 12.6 Å². The van der Waals surface area contributed by atoms with Crippen molar-refractivity contribution in [2.75, 3.05) is 5.73 Å². The van der Waals surface area contributed by atoms with E-state index in [1.165, 1.54) is 16.8 Å². The fourth-order valence-electron chi connectivity index (χ4n) is 2.00. The summed E-state index contributed by atoms with van der Waals surface area (Å²) in [4.78, 5) is 0. The molecule has 1 aromatic heterocycles. The highest BCUT2D eigenvalue weighted by Crippen LogP contribution is 2.30. The van der Waals surface area contributed by atoms with E-state index in [0.29, 0.717) is 17.8 Å². The number of nitrogens with zero attached hydrogens (tertiary/aromatic N) is 3. The molecule has 21 heavy (non-hydrogen) atoms. The molecule has 0 bridgehead atoms. The molecule has 110 valence electrons. The molecule has 2 rings (SSSR count). The van der Waals surface area contributed by atoms with Crippen LogP contribution in [0.1, 0.15) is 30.2 Å². The lowest BCUT2D eigenvalue weighted by atomic mass is 10.1. The minimum absolute atomic E-state index is 0.140. The number of benzene rings is 1. The zero-order chi connectivity index (χ0) is 15.6. The number of nitrogen functional groups attached to an aromatic ring is 1. The van der Waals surface area contributed by atoms with Gasteiger partial charge >= 0.3 is 6.18 Å². The molecule has 1 heterocycles. The van der Waals surface area contributed by atoms with Crippen LogP contribution < -0.4 is 5.73 Å². The number of aryl methyl sites for hydroxylation is 1. The summed E-state index contributed by atoms with van der Waals surface area (Å²) in [5, 5.41) is 13.3. The smallest absolute Gasteiger partial charge is 0.382 e. The zero-order valence-corrected chi connectivity index (χ0v) is 11.3. The van der Waals surface area contributed by atoms with E-state index >= 15 is 0 Å².